The lowest BCUT2D eigenvalue weighted by Crippen LogP contribution is -2.28. The molecule has 0 spiro atoms. The third-order valence-corrected chi connectivity index (χ3v) is 2.58. The van der Waals surface area contributed by atoms with Gasteiger partial charge in [-0.3, -0.25) is 0 Å². The van der Waals surface area contributed by atoms with Gasteiger partial charge in [-0.1, -0.05) is 18.2 Å². The zero-order chi connectivity index (χ0) is 12.3. The summed E-state index contributed by atoms with van der Waals surface area (Å²) in [5.74, 6) is 0.834. The van der Waals surface area contributed by atoms with Crippen molar-refractivity contribution in [3.8, 4) is 5.75 Å². The van der Waals surface area contributed by atoms with E-state index in [-0.39, 0.29) is 0 Å². The molecule has 0 aromatic heterocycles. The van der Waals surface area contributed by atoms with Gasteiger partial charge in [-0.05, 0) is 34.5 Å². The summed E-state index contributed by atoms with van der Waals surface area (Å²) in [6, 6.07) is 11.3. The van der Waals surface area contributed by atoms with Gasteiger partial charge in [0.15, 0.2) is 0 Å². The van der Waals surface area contributed by atoms with Gasteiger partial charge in [-0.2, -0.15) is 0 Å². The minimum absolute atomic E-state index is 0.442. The monoisotopic (exact) mass is 230 g/mol. The van der Waals surface area contributed by atoms with Crippen molar-refractivity contribution in [2.75, 3.05) is 7.11 Å². The number of carbonyl (C=O) groups excluding carboxylic acids is 1. The van der Waals surface area contributed by atoms with Crippen LogP contribution in [0, 0.1) is 0 Å². The summed E-state index contributed by atoms with van der Waals surface area (Å²) in [6.07, 6.45) is 0. The number of ether oxygens (including phenoxy) is 1. The summed E-state index contributed by atoms with van der Waals surface area (Å²) in [5.41, 5.74) is 6.04. The first-order valence-electron chi connectivity index (χ1n) is 5.29. The molecule has 2 amide bonds. The number of fused-ring (bicyclic) bond motifs is 1. The second-order valence-electron chi connectivity index (χ2n) is 3.77. The highest BCUT2D eigenvalue weighted by molar-refractivity contribution is 5.84. The van der Waals surface area contributed by atoms with Crippen molar-refractivity contribution in [1.82, 2.24) is 5.32 Å². The van der Waals surface area contributed by atoms with Gasteiger partial charge < -0.3 is 15.8 Å². The second-order valence-corrected chi connectivity index (χ2v) is 3.77. The predicted octanol–water partition coefficient (Wildman–Crippen LogP) is 2.02. The van der Waals surface area contributed by atoms with Crippen LogP contribution in [0.2, 0.25) is 0 Å². The van der Waals surface area contributed by atoms with E-state index in [1.54, 1.807) is 7.11 Å². The minimum atomic E-state index is -0.514. The largest absolute Gasteiger partial charge is 0.497 e. The molecule has 4 nitrogen and oxygen atoms in total. The first kappa shape index (κ1) is 11.3. The fourth-order valence-corrected chi connectivity index (χ4v) is 1.70. The number of hydrogen-bond acceptors (Lipinski definition) is 2. The molecule has 0 aliphatic carbocycles. The van der Waals surface area contributed by atoms with Crippen LogP contribution in [0.1, 0.15) is 5.56 Å². The van der Waals surface area contributed by atoms with Crippen LogP contribution >= 0.6 is 0 Å². The molecule has 17 heavy (non-hydrogen) atoms. The molecule has 0 fully saturated rings. The van der Waals surface area contributed by atoms with Gasteiger partial charge in [0.25, 0.3) is 0 Å². The number of nitrogens with two attached hydrogens (primary N) is 1. The zero-order valence-corrected chi connectivity index (χ0v) is 9.57. The molecule has 2 aromatic carbocycles. The fourth-order valence-electron chi connectivity index (χ4n) is 1.70. The Labute approximate surface area is 99.4 Å². The van der Waals surface area contributed by atoms with Crippen LogP contribution in [-0.2, 0) is 6.54 Å². The van der Waals surface area contributed by atoms with Crippen molar-refractivity contribution >= 4 is 16.8 Å². The van der Waals surface area contributed by atoms with Crippen molar-refractivity contribution in [2.24, 2.45) is 5.73 Å². The van der Waals surface area contributed by atoms with Crippen molar-refractivity contribution in [1.29, 1.82) is 0 Å². The number of rotatable bonds is 3. The number of nitrogens with one attached hydrogen (secondary N) is 1. The number of carbonyl (C=O) groups is 1. The maximum Gasteiger partial charge on any atom is 0.312 e. The summed E-state index contributed by atoms with van der Waals surface area (Å²) in [4.78, 5) is 10.6. The van der Waals surface area contributed by atoms with Crippen LogP contribution in [0.15, 0.2) is 36.4 Å². The second kappa shape index (κ2) is 4.74. The molecule has 0 bridgehead atoms. The molecule has 0 aliphatic rings. The molecule has 2 aromatic rings. The lowest BCUT2D eigenvalue weighted by molar-refractivity contribution is 0.248. The standard InChI is InChI=1S/C13H14N2O2/c1-17-12-5-4-10-6-9(8-15-13(14)16)2-3-11(10)7-12/h2-7H,8H2,1H3,(H3,14,15,16). The Bertz CT molecular complexity index is 552. The number of primary amides is 1. The summed E-state index contributed by atoms with van der Waals surface area (Å²) in [6.45, 7) is 0.442. The van der Waals surface area contributed by atoms with Crippen LogP contribution in [0.25, 0.3) is 10.8 Å². The number of amides is 2. The Morgan fingerprint density at radius 2 is 1.94 bits per heavy atom. The molecule has 0 saturated carbocycles. The smallest absolute Gasteiger partial charge is 0.312 e. The van der Waals surface area contributed by atoms with E-state index in [9.17, 15) is 4.79 Å². The molecular formula is C13H14N2O2. The molecule has 88 valence electrons. The maximum atomic E-state index is 10.6. The molecule has 0 aliphatic heterocycles. The highest BCUT2D eigenvalue weighted by Crippen LogP contribution is 2.21. The van der Waals surface area contributed by atoms with Crippen LogP contribution in [0.4, 0.5) is 4.79 Å². The Kier molecular flexibility index (Phi) is 3.14. The van der Waals surface area contributed by atoms with E-state index in [2.05, 4.69) is 5.32 Å². The molecular weight excluding hydrogens is 216 g/mol. The van der Waals surface area contributed by atoms with Gasteiger partial charge in [-0.15, -0.1) is 0 Å². The lowest BCUT2D eigenvalue weighted by atomic mass is 10.1. The van der Waals surface area contributed by atoms with E-state index < -0.39 is 6.03 Å². The van der Waals surface area contributed by atoms with Crippen molar-refractivity contribution in [3.05, 3.63) is 42.0 Å². The van der Waals surface area contributed by atoms with Gasteiger partial charge >= 0.3 is 6.03 Å². The number of methoxy groups -OCH3 is 1. The van der Waals surface area contributed by atoms with E-state index >= 15 is 0 Å². The predicted molar refractivity (Wildman–Crippen MR) is 66.9 cm³/mol. The normalized spacial score (nSPS) is 10.2. The molecule has 0 heterocycles. The molecule has 0 radical (unpaired) electrons. The van der Waals surface area contributed by atoms with Crippen molar-refractivity contribution < 1.29 is 9.53 Å². The summed E-state index contributed by atoms with van der Waals surface area (Å²) >= 11 is 0. The minimum Gasteiger partial charge on any atom is -0.497 e. The van der Waals surface area contributed by atoms with Crippen LogP contribution in [0.3, 0.4) is 0 Å². The van der Waals surface area contributed by atoms with Gasteiger partial charge in [0.05, 0.1) is 7.11 Å². The average Bonchev–Trinajstić information content (AvgIpc) is 2.35. The molecule has 2 rings (SSSR count). The number of urea groups is 1. The Morgan fingerprint density at radius 3 is 2.65 bits per heavy atom. The van der Waals surface area contributed by atoms with Gasteiger partial charge in [0.2, 0.25) is 0 Å². The third-order valence-electron chi connectivity index (χ3n) is 2.58. The third kappa shape index (κ3) is 2.66. The van der Waals surface area contributed by atoms with E-state index in [1.807, 2.05) is 36.4 Å². The first-order valence-corrected chi connectivity index (χ1v) is 5.29. The van der Waals surface area contributed by atoms with Gasteiger partial charge in [0, 0.05) is 6.54 Å². The highest BCUT2D eigenvalue weighted by Gasteiger charge is 1.99. The SMILES string of the molecule is COc1ccc2cc(CNC(N)=O)ccc2c1. The van der Waals surface area contributed by atoms with E-state index in [0.717, 1.165) is 22.1 Å². The number of benzene rings is 2. The van der Waals surface area contributed by atoms with Gasteiger partial charge in [-0.25, -0.2) is 4.79 Å². The molecule has 4 heteroatoms. The summed E-state index contributed by atoms with van der Waals surface area (Å²) in [5, 5.41) is 4.77. The first-order chi connectivity index (χ1) is 8.19. The molecule has 3 N–H and O–H groups in total. The zero-order valence-electron chi connectivity index (χ0n) is 9.57. The van der Waals surface area contributed by atoms with E-state index in [1.165, 1.54) is 0 Å². The molecule has 0 saturated heterocycles. The lowest BCUT2D eigenvalue weighted by Gasteiger charge is -2.06. The Hall–Kier alpha value is -2.23. The Balaban J connectivity index is 2.28. The maximum absolute atomic E-state index is 10.6. The quantitative estimate of drug-likeness (QED) is 0.847. The summed E-state index contributed by atoms with van der Waals surface area (Å²) in [7, 11) is 1.65. The molecule has 0 unspecified atom stereocenters. The number of hydrogen-bond donors (Lipinski definition) is 2. The average molecular weight is 230 g/mol. The fraction of sp³-hybridized carbons (Fsp3) is 0.154. The Morgan fingerprint density at radius 1 is 1.24 bits per heavy atom. The molecule has 0 atom stereocenters. The van der Waals surface area contributed by atoms with E-state index in [0.29, 0.717) is 6.54 Å². The van der Waals surface area contributed by atoms with Crippen molar-refractivity contribution in [3.63, 3.8) is 0 Å². The van der Waals surface area contributed by atoms with Gasteiger partial charge in [0.1, 0.15) is 5.75 Å². The summed E-state index contributed by atoms with van der Waals surface area (Å²) < 4.78 is 5.16. The van der Waals surface area contributed by atoms with Crippen LogP contribution in [-0.4, -0.2) is 13.1 Å². The van der Waals surface area contributed by atoms with Crippen LogP contribution < -0.4 is 15.8 Å². The van der Waals surface area contributed by atoms with E-state index in [4.69, 9.17) is 10.5 Å². The van der Waals surface area contributed by atoms with Crippen LogP contribution in [0.5, 0.6) is 5.75 Å². The highest BCUT2D eigenvalue weighted by atomic mass is 16.5. The van der Waals surface area contributed by atoms with Crippen molar-refractivity contribution in [2.45, 2.75) is 6.54 Å². The topological polar surface area (TPSA) is 64.3 Å².